The highest BCUT2D eigenvalue weighted by Gasteiger charge is 2.25. The molecule has 0 bridgehead atoms. The van der Waals surface area contributed by atoms with Crippen LogP contribution in [0.3, 0.4) is 0 Å². The van der Waals surface area contributed by atoms with Crippen molar-refractivity contribution in [3.05, 3.63) is 0 Å². The van der Waals surface area contributed by atoms with Gasteiger partial charge in [-0.2, -0.15) is 15.0 Å². The van der Waals surface area contributed by atoms with Crippen molar-refractivity contribution in [3.63, 3.8) is 0 Å². The first-order valence-corrected chi connectivity index (χ1v) is 10.2. The van der Waals surface area contributed by atoms with E-state index in [0.717, 1.165) is 60.7 Å². The highest BCUT2D eigenvalue weighted by molar-refractivity contribution is 5.94. The molecule has 0 spiro atoms. The molecule has 0 radical (unpaired) electrons. The Balaban J connectivity index is 1.92. The van der Waals surface area contributed by atoms with Crippen LogP contribution < -0.4 is 20.0 Å². The molecule has 4 heterocycles. The van der Waals surface area contributed by atoms with Crippen LogP contribution in [0.1, 0.15) is 38.5 Å². The lowest BCUT2D eigenvalue weighted by Crippen LogP contribution is -2.74. The molecule has 2 aliphatic heterocycles. The fourth-order valence-electron chi connectivity index (χ4n) is 3.97. The number of rotatable bonds is 4. The monoisotopic (exact) mass is 371 g/mol. The summed E-state index contributed by atoms with van der Waals surface area (Å²) in [6.07, 6.45) is 7.42. The number of fused-ring (bicyclic) bond motifs is 1. The maximum atomic E-state index is 4.90. The summed E-state index contributed by atoms with van der Waals surface area (Å²) in [6.45, 7) is 4.14. The molecule has 2 saturated heterocycles. The van der Waals surface area contributed by atoms with E-state index >= 15 is 0 Å². The van der Waals surface area contributed by atoms with E-state index in [4.69, 9.17) is 19.9 Å². The van der Waals surface area contributed by atoms with Crippen LogP contribution in [0.15, 0.2) is 0 Å². The predicted molar refractivity (Wildman–Crippen MR) is 109 cm³/mol. The van der Waals surface area contributed by atoms with Crippen LogP contribution in [0.4, 0.5) is 23.5 Å². The van der Waals surface area contributed by atoms with Gasteiger partial charge in [0.05, 0.1) is 7.05 Å². The second kappa shape index (κ2) is 7.80. The smallest absolute Gasteiger partial charge is 0.328 e. The first kappa shape index (κ1) is 18.2. The third-order valence-corrected chi connectivity index (χ3v) is 5.48. The molecule has 0 aliphatic carbocycles. The lowest BCUT2D eigenvalue weighted by atomic mass is 10.1. The number of aromatic nitrogens is 4. The van der Waals surface area contributed by atoms with Crippen molar-refractivity contribution in [2.45, 2.75) is 38.5 Å². The zero-order chi connectivity index (χ0) is 18.8. The van der Waals surface area contributed by atoms with E-state index in [0.29, 0.717) is 0 Å². The van der Waals surface area contributed by atoms with Crippen molar-refractivity contribution < 1.29 is 5.32 Å². The molecule has 4 rings (SSSR count). The van der Waals surface area contributed by atoms with Crippen molar-refractivity contribution in [1.29, 1.82) is 0 Å². The van der Waals surface area contributed by atoms with Crippen LogP contribution in [0.25, 0.3) is 11.0 Å². The van der Waals surface area contributed by atoms with E-state index in [1.54, 1.807) is 0 Å². The Bertz CT molecular complexity index is 794. The summed E-state index contributed by atoms with van der Waals surface area (Å²) in [5.41, 5.74) is 1.79. The summed E-state index contributed by atoms with van der Waals surface area (Å²) in [6, 6.07) is 0. The van der Waals surface area contributed by atoms with Crippen LogP contribution in [-0.2, 0) is 0 Å². The van der Waals surface area contributed by atoms with Gasteiger partial charge in [0.2, 0.25) is 5.95 Å². The molecular weight excluding hydrogens is 340 g/mol. The van der Waals surface area contributed by atoms with Gasteiger partial charge in [0.1, 0.15) is 11.0 Å². The van der Waals surface area contributed by atoms with E-state index in [-0.39, 0.29) is 0 Å². The fraction of sp³-hybridized carbons (Fsp3) is 0.684. The third kappa shape index (κ3) is 3.63. The largest absolute Gasteiger partial charge is 0.355 e. The standard InChI is InChI=1S/C19H30N8/c1-20-18-21-14-15(16(23-18)26-10-6-4-7-11-26)22-19(25(2)3)24-17(14)27-12-8-5-9-13-27/h4-13H2,1-3H3,(H,20,21,23)/p+1. The Morgan fingerprint density at radius 2 is 1.22 bits per heavy atom. The van der Waals surface area contributed by atoms with Gasteiger partial charge in [-0.3, -0.25) is 5.32 Å². The average molecular weight is 372 g/mol. The lowest BCUT2D eigenvalue weighted by Gasteiger charge is -2.31. The molecule has 2 aromatic heterocycles. The first-order valence-electron chi connectivity index (χ1n) is 10.2. The maximum Gasteiger partial charge on any atom is 0.328 e. The van der Waals surface area contributed by atoms with Gasteiger partial charge in [0.15, 0.2) is 11.6 Å². The Kier molecular flexibility index (Phi) is 5.24. The van der Waals surface area contributed by atoms with Crippen LogP contribution in [0.2, 0.25) is 0 Å². The zero-order valence-corrected chi connectivity index (χ0v) is 16.8. The summed E-state index contributed by atoms with van der Waals surface area (Å²) >= 11 is 0. The minimum atomic E-state index is 0.734. The van der Waals surface area contributed by atoms with Crippen molar-refractivity contribution in [1.82, 2.24) is 19.9 Å². The molecule has 27 heavy (non-hydrogen) atoms. The molecule has 2 fully saturated rings. The SMILES string of the molecule is C[NH2+]c1nc(N2CCCCC2)c2nc(N(C)C)nc(N3CCCCC3)c2n1. The molecule has 8 heteroatoms. The Morgan fingerprint density at radius 1 is 0.704 bits per heavy atom. The molecule has 0 saturated carbocycles. The van der Waals surface area contributed by atoms with Crippen molar-refractivity contribution in [2.75, 3.05) is 62.0 Å². The number of quaternary nitrogens is 1. The van der Waals surface area contributed by atoms with Gasteiger partial charge in [0, 0.05) is 40.3 Å². The fourth-order valence-corrected chi connectivity index (χ4v) is 3.97. The predicted octanol–water partition coefficient (Wildman–Crippen LogP) is 1.29. The van der Waals surface area contributed by atoms with Gasteiger partial charge in [-0.15, -0.1) is 0 Å². The Morgan fingerprint density at radius 3 is 1.74 bits per heavy atom. The molecule has 146 valence electrons. The molecule has 8 nitrogen and oxygen atoms in total. The minimum absolute atomic E-state index is 0.734. The summed E-state index contributed by atoms with van der Waals surface area (Å²) in [4.78, 5) is 26.2. The summed E-state index contributed by atoms with van der Waals surface area (Å²) in [5.74, 6) is 3.43. The summed E-state index contributed by atoms with van der Waals surface area (Å²) < 4.78 is 0. The third-order valence-electron chi connectivity index (χ3n) is 5.48. The van der Waals surface area contributed by atoms with Crippen LogP contribution in [0, 0.1) is 0 Å². The number of anilines is 3. The van der Waals surface area contributed by atoms with Gasteiger partial charge >= 0.3 is 5.95 Å². The molecule has 0 unspecified atom stereocenters. The lowest BCUT2D eigenvalue weighted by molar-refractivity contribution is -0.547. The average Bonchev–Trinajstić information content (AvgIpc) is 2.73. The maximum absolute atomic E-state index is 4.90. The number of hydrogen-bond donors (Lipinski definition) is 1. The molecule has 0 amide bonds. The minimum Gasteiger partial charge on any atom is -0.355 e. The van der Waals surface area contributed by atoms with Crippen LogP contribution in [-0.4, -0.2) is 67.3 Å². The van der Waals surface area contributed by atoms with Crippen molar-refractivity contribution in [2.24, 2.45) is 0 Å². The van der Waals surface area contributed by atoms with E-state index in [1.807, 2.05) is 31.4 Å². The number of nitrogens with zero attached hydrogens (tertiary/aromatic N) is 7. The van der Waals surface area contributed by atoms with Gasteiger partial charge in [0.25, 0.3) is 0 Å². The second-order valence-corrected chi connectivity index (χ2v) is 7.73. The Labute approximate surface area is 161 Å². The van der Waals surface area contributed by atoms with Gasteiger partial charge < -0.3 is 14.7 Å². The highest BCUT2D eigenvalue weighted by Crippen LogP contribution is 2.33. The van der Waals surface area contributed by atoms with Gasteiger partial charge in [-0.1, -0.05) is 0 Å². The molecular formula is C19H31N8+. The molecule has 0 atom stereocenters. The number of nitrogens with two attached hydrogens (primary N) is 1. The normalized spacial score (nSPS) is 18.2. The first-order chi connectivity index (χ1) is 13.2. The van der Waals surface area contributed by atoms with Gasteiger partial charge in [-0.25, -0.2) is 4.98 Å². The van der Waals surface area contributed by atoms with Crippen LogP contribution in [0.5, 0.6) is 0 Å². The Hall–Kier alpha value is -2.22. The molecule has 2 aliphatic rings. The molecule has 2 aromatic rings. The molecule has 2 N–H and O–H groups in total. The second-order valence-electron chi connectivity index (χ2n) is 7.73. The zero-order valence-electron chi connectivity index (χ0n) is 16.8. The summed E-state index contributed by atoms with van der Waals surface area (Å²) in [7, 11) is 5.99. The highest BCUT2D eigenvalue weighted by atomic mass is 15.3. The van der Waals surface area contributed by atoms with E-state index in [1.165, 1.54) is 38.5 Å². The van der Waals surface area contributed by atoms with Crippen molar-refractivity contribution >= 4 is 34.6 Å². The molecule has 0 aromatic carbocycles. The van der Waals surface area contributed by atoms with E-state index < -0.39 is 0 Å². The van der Waals surface area contributed by atoms with Crippen LogP contribution >= 0.6 is 0 Å². The van der Waals surface area contributed by atoms with Crippen molar-refractivity contribution in [3.8, 4) is 0 Å². The number of hydrogen-bond acceptors (Lipinski definition) is 7. The van der Waals surface area contributed by atoms with E-state index in [9.17, 15) is 0 Å². The quantitative estimate of drug-likeness (QED) is 0.868. The summed E-state index contributed by atoms with van der Waals surface area (Å²) in [5, 5.41) is 1.98. The van der Waals surface area contributed by atoms with Gasteiger partial charge in [-0.05, 0) is 38.5 Å². The van der Waals surface area contributed by atoms with E-state index in [2.05, 4.69) is 9.80 Å². The number of piperidine rings is 2. The topological polar surface area (TPSA) is 77.9 Å².